The molecule has 3 N–H and O–H groups in total. The molecule has 3 rings (SSSR count). The monoisotopic (exact) mass is 752 g/mol. The van der Waals surface area contributed by atoms with Crippen molar-refractivity contribution in [1.82, 2.24) is 0 Å². The van der Waals surface area contributed by atoms with Crippen LogP contribution in [0.25, 0.3) is 0 Å². The fourth-order valence-corrected chi connectivity index (χ4v) is 6.98. The number of carbonyl (C=O) groups excluding carboxylic acids is 2. The third-order valence-corrected chi connectivity index (χ3v) is 10.4. The van der Waals surface area contributed by atoms with Gasteiger partial charge in [-0.2, -0.15) is 0 Å². The SMILES string of the molecule is C=C1C[C@H](O)CCO[C@H](C(C)(C)C)C[C@@H]2CCO[C@H](/C=C/C(C)(C)[C@]3(O)OC(C/C(=C\C(=O)OC)[C@@H]3OC(=O)CCCCCCC)C[C@H]([C@@H](C)O)O1)O2. The lowest BCUT2D eigenvalue weighted by Crippen LogP contribution is -2.62. The highest BCUT2D eigenvalue weighted by Gasteiger charge is 2.57. The lowest BCUT2D eigenvalue weighted by Gasteiger charge is -2.51. The van der Waals surface area contributed by atoms with Crippen molar-refractivity contribution in [3.63, 3.8) is 0 Å². The quantitative estimate of drug-likeness (QED) is 0.106. The van der Waals surface area contributed by atoms with Gasteiger partial charge in [0.15, 0.2) is 12.4 Å². The molecule has 3 heterocycles. The van der Waals surface area contributed by atoms with Crippen molar-refractivity contribution in [1.29, 1.82) is 0 Å². The van der Waals surface area contributed by atoms with Gasteiger partial charge < -0.3 is 48.5 Å². The minimum absolute atomic E-state index is 0.0656. The number of aliphatic hydroxyl groups excluding tert-OH is 2. The lowest BCUT2D eigenvalue weighted by molar-refractivity contribution is -0.327. The van der Waals surface area contributed by atoms with Crippen LogP contribution in [0.15, 0.2) is 36.1 Å². The summed E-state index contributed by atoms with van der Waals surface area (Å²) in [6, 6.07) is 0. The molecular formula is C41H68O12. The minimum Gasteiger partial charge on any atom is -0.493 e. The topological polar surface area (TPSA) is 159 Å². The van der Waals surface area contributed by atoms with E-state index >= 15 is 0 Å². The number of unbranched alkanes of at least 4 members (excludes halogenated alkanes) is 4. The van der Waals surface area contributed by atoms with Crippen molar-refractivity contribution >= 4 is 11.9 Å². The number of rotatable bonds is 9. The van der Waals surface area contributed by atoms with Crippen molar-refractivity contribution in [3.8, 4) is 0 Å². The van der Waals surface area contributed by atoms with Crippen LogP contribution in [-0.4, -0.2) is 102 Å². The van der Waals surface area contributed by atoms with Gasteiger partial charge in [0.05, 0.1) is 50.0 Å². The Morgan fingerprint density at radius 2 is 1.75 bits per heavy atom. The molecule has 0 saturated carbocycles. The van der Waals surface area contributed by atoms with E-state index < -0.39 is 60.0 Å². The average Bonchev–Trinajstić information content (AvgIpc) is 3.07. The molecule has 12 nitrogen and oxygen atoms in total. The summed E-state index contributed by atoms with van der Waals surface area (Å²) in [6.45, 7) is 18.3. The number of hydrogen-bond acceptors (Lipinski definition) is 12. The minimum atomic E-state index is -2.21. The molecule has 0 spiro atoms. The standard InChI is InChI=1S/C41H68O12/c1-10-11-12-13-14-15-35(44)52-38-29(24-36(45)47-9)23-32-25-33(28(3)42)50-27(2)22-30(43)17-20-48-34(39(4,5)6)26-31-18-21-49-37(51-31)16-19-40(7,8)41(38,46)53-32/h16,19,24,28,30-34,37-38,42-43,46H,2,10-15,17-18,20-23,25-26H2,1,3-9H3/b19-16+,29-24+/t28-,30-,31+,32?,33-,34+,37+,38+,41-/m1/s1. The Balaban J connectivity index is 2.06. The van der Waals surface area contributed by atoms with Gasteiger partial charge in [0.25, 0.3) is 0 Å². The first-order valence-electron chi connectivity index (χ1n) is 19.5. The van der Waals surface area contributed by atoms with Gasteiger partial charge in [0, 0.05) is 43.8 Å². The van der Waals surface area contributed by atoms with E-state index in [0.717, 1.165) is 25.7 Å². The molecule has 2 fully saturated rings. The fraction of sp³-hybridized carbons (Fsp3) is 0.805. The summed E-state index contributed by atoms with van der Waals surface area (Å²) in [5, 5.41) is 34.5. The molecule has 3 aliphatic heterocycles. The van der Waals surface area contributed by atoms with E-state index in [2.05, 4.69) is 34.3 Å². The number of methoxy groups -OCH3 is 1. The van der Waals surface area contributed by atoms with Crippen molar-refractivity contribution in [2.75, 3.05) is 20.3 Å². The van der Waals surface area contributed by atoms with Gasteiger partial charge in [0.1, 0.15) is 6.10 Å². The van der Waals surface area contributed by atoms with Gasteiger partial charge in [-0.1, -0.05) is 79.9 Å². The number of hydrogen-bond donors (Lipinski definition) is 3. The van der Waals surface area contributed by atoms with E-state index in [1.165, 1.54) is 13.2 Å². The van der Waals surface area contributed by atoms with E-state index in [0.29, 0.717) is 44.5 Å². The summed E-state index contributed by atoms with van der Waals surface area (Å²) in [5.74, 6) is -3.14. The normalized spacial score (nSPS) is 34.0. The predicted octanol–water partition coefficient (Wildman–Crippen LogP) is 6.20. The number of ether oxygens (including phenoxy) is 7. The maximum absolute atomic E-state index is 13.4. The maximum atomic E-state index is 13.4. The molecule has 9 atom stereocenters. The van der Waals surface area contributed by atoms with Crippen LogP contribution < -0.4 is 0 Å². The average molecular weight is 753 g/mol. The third kappa shape index (κ3) is 13.7. The van der Waals surface area contributed by atoms with E-state index in [9.17, 15) is 24.9 Å². The zero-order valence-corrected chi connectivity index (χ0v) is 33.5. The molecule has 53 heavy (non-hydrogen) atoms. The van der Waals surface area contributed by atoms with Gasteiger partial charge in [-0.25, -0.2) is 4.79 Å². The second-order valence-corrected chi connectivity index (χ2v) is 16.6. The summed E-state index contributed by atoms with van der Waals surface area (Å²) in [4.78, 5) is 26.1. The Hall–Kier alpha value is -2.32. The van der Waals surface area contributed by atoms with Gasteiger partial charge in [0.2, 0.25) is 5.79 Å². The van der Waals surface area contributed by atoms with Crippen LogP contribution in [0.5, 0.6) is 0 Å². The van der Waals surface area contributed by atoms with Crippen LogP contribution in [0.4, 0.5) is 0 Å². The Bertz CT molecular complexity index is 1240. The van der Waals surface area contributed by atoms with Gasteiger partial charge in [-0.15, -0.1) is 0 Å². The highest BCUT2D eigenvalue weighted by molar-refractivity contribution is 5.83. The molecule has 304 valence electrons. The first kappa shape index (κ1) is 45.1. The van der Waals surface area contributed by atoms with Gasteiger partial charge >= 0.3 is 11.9 Å². The summed E-state index contributed by atoms with van der Waals surface area (Å²) in [7, 11) is 1.25. The Morgan fingerprint density at radius 3 is 2.42 bits per heavy atom. The summed E-state index contributed by atoms with van der Waals surface area (Å²) < 4.78 is 42.4. The highest BCUT2D eigenvalue weighted by atomic mass is 16.7. The van der Waals surface area contributed by atoms with Crippen LogP contribution in [0.2, 0.25) is 0 Å². The Kier molecular flexibility index (Phi) is 17.5. The van der Waals surface area contributed by atoms with Crippen molar-refractivity contribution < 1.29 is 58.1 Å². The largest absolute Gasteiger partial charge is 0.493 e. The third-order valence-electron chi connectivity index (χ3n) is 10.4. The zero-order valence-electron chi connectivity index (χ0n) is 33.5. The van der Waals surface area contributed by atoms with Crippen LogP contribution in [0.3, 0.4) is 0 Å². The second kappa shape index (κ2) is 20.6. The smallest absolute Gasteiger partial charge is 0.330 e. The van der Waals surface area contributed by atoms with Gasteiger partial charge in [-0.3, -0.25) is 4.79 Å². The van der Waals surface area contributed by atoms with Crippen molar-refractivity contribution in [2.24, 2.45) is 10.8 Å². The zero-order chi connectivity index (χ0) is 39.4. The maximum Gasteiger partial charge on any atom is 0.330 e. The first-order chi connectivity index (χ1) is 24.9. The first-order valence-corrected chi connectivity index (χ1v) is 19.5. The van der Waals surface area contributed by atoms with Gasteiger partial charge in [-0.05, 0) is 49.7 Å². The summed E-state index contributed by atoms with van der Waals surface area (Å²) in [5.41, 5.74) is -1.17. The second-order valence-electron chi connectivity index (χ2n) is 16.6. The summed E-state index contributed by atoms with van der Waals surface area (Å²) >= 11 is 0. The van der Waals surface area contributed by atoms with Crippen LogP contribution in [-0.2, 0) is 42.7 Å². The van der Waals surface area contributed by atoms with Crippen molar-refractivity contribution in [2.45, 2.75) is 180 Å². The number of esters is 2. The van der Waals surface area contributed by atoms with E-state index in [1.807, 2.05) is 0 Å². The molecule has 0 aromatic heterocycles. The molecule has 1 unspecified atom stereocenters. The van der Waals surface area contributed by atoms with E-state index in [4.69, 9.17) is 33.2 Å². The molecule has 0 aromatic carbocycles. The predicted molar refractivity (Wildman–Crippen MR) is 199 cm³/mol. The number of aliphatic hydroxyl groups is 3. The van der Waals surface area contributed by atoms with E-state index in [-0.39, 0.29) is 49.1 Å². The fourth-order valence-electron chi connectivity index (χ4n) is 6.98. The van der Waals surface area contributed by atoms with Crippen LogP contribution in [0.1, 0.15) is 126 Å². The molecule has 4 bridgehead atoms. The van der Waals surface area contributed by atoms with Crippen LogP contribution in [0, 0.1) is 10.8 Å². The molecule has 3 aliphatic rings. The molecule has 12 heteroatoms. The molecule has 0 aliphatic carbocycles. The number of carbonyl (C=O) groups is 2. The summed E-state index contributed by atoms with van der Waals surface area (Å²) in [6.07, 6.45) is 5.42. The molecular weight excluding hydrogens is 684 g/mol. The van der Waals surface area contributed by atoms with Crippen molar-refractivity contribution in [3.05, 3.63) is 36.1 Å². The van der Waals surface area contributed by atoms with Crippen LogP contribution >= 0.6 is 0 Å². The molecule has 0 aromatic rings. The molecule has 2 saturated heterocycles. The van der Waals surface area contributed by atoms with E-state index in [1.54, 1.807) is 32.9 Å². The highest BCUT2D eigenvalue weighted by Crippen LogP contribution is 2.47. The Labute approximate surface area is 317 Å². The Morgan fingerprint density at radius 1 is 1.06 bits per heavy atom. The number of fused-ring (bicyclic) bond motifs is 4. The molecule has 0 amide bonds. The lowest BCUT2D eigenvalue weighted by atomic mass is 9.74. The molecule has 0 radical (unpaired) electrons.